The standard InChI is InChI=1S/C44H34O6S2/c1-31-18-21-37(28-40(31)32-12-6-3-7-13-32)52(47,48)39-25-27-44(42(30-39)34-16-10-5-11-17-34)50-35-19-22-36(23-20-35)51(45,46)38-24-26-43(49-2)41(29-38)33-14-8-4-9-15-33/h3-30H,1-2H3. The Bertz CT molecular complexity index is 2590. The van der Waals surface area contributed by atoms with Gasteiger partial charge < -0.3 is 9.47 Å². The molecule has 0 aliphatic heterocycles. The van der Waals surface area contributed by atoms with Gasteiger partial charge in [0.15, 0.2) is 0 Å². The quantitative estimate of drug-likeness (QED) is 0.140. The number of rotatable bonds is 10. The van der Waals surface area contributed by atoms with E-state index in [1.54, 1.807) is 55.6 Å². The number of hydrogen-bond acceptors (Lipinski definition) is 6. The zero-order valence-corrected chi connectivity index (χ0v) is 30.1. The van der Waals surface area contributed by atoms with Crippen LogP contribution in [-0.4, -0.2) is 23.9 Å². The first-order chi connectivity index (χ1) is 25.1. The molecular weight excluding hydrogens is 689 g/mol. The van der Waals surface area contributed by atoms with E-state index in [2.05, 4.69) is 0 Å². The third-order valence-electron chi connectivity index (χ3n) is 8.88. The van der Waals surface area contributed by atoms with Crippen molar-refractivity contribution in [2.24, 2.45) is 0 Å². The van der Waals surface area contributed by atoms with Crippen molar-refractivity contribution >= 4 is 19.7 Å². The van der Waals surface area contributed by atoms with Crippen molar-refractivity contribution in [1.82, 2.24) is 0 Å². The number of ether oxygens (including phenoxy) is 2. The summed E-state index contributed by atoms with van der Waals surface area (Å²) in [7, 11) is -6.24. The summed E-state index contributed by atoms with van der Waals surface area (Å²) in [4.78, 5) is 0.543. The van der Waals surface area contributed by atoms with E-state index in [-0.39, 0.29) is 19.6 Å². The van der Waals surface area contributed by atoms with Crippen molar-refractivity contribution in [3.63, 3.8) is 0 Å². The molecule has 0 atom stereocenters. The molecule has 8 heteroatoms. The van der Waals surface area contributed by atoms with Crippen molar-refractivity contribution in [3.05, 3.63) is 175 Å². The van der Waals surface area contributed by atoms with Crippen molar-refractivity contribution in [2.75, 3.05) is 7.11 Å². The van der Waals surface area contributed by atoms with Crippen LogP contribution in [0, 0.1) is 6.92 Å². The minimum absolute atomic E-state index is 0.0988. The van der Waals surface area contributed by atoms with Crippen LogP contribution in [-0.2, 0) is 19.7 Å². The predicted octanol–water partition coefficient (Wildman–Crippen LogP) is 10.5. The van der Waals surface area contributed by atoms with E-state index in [0.717, 1.165) is 27.8 Å². The molecule has 0 heterocycles. The summed E-state index contributed by atoms with van der Waals surface area (Å²) < 4.78 is 67.5. The van der Waals surface area contributed by atoms with Gasteiger partial charge in [0.05, 0.1) is 26.7 Å². The first-order valence-corrected chi connectivity index (χ1v) is 19.5. The van der Waals surface area contributed by atoms with Crippen LogP contribution in [0.25, 0.3) is 33.4 Å². The molecular formula is C44H34O6S2. The SMILES string of the molecule is COc1ccc(S(=O)(=O)c2ccc(Oc3ccc(S(=O)(=O)c4ccc(C)c(-c5ccccc5)c4)cc3-c3ccccc3)cc2)cc1-c1ccccc1. The third kappa shape index (κ3) is 6.86. The first-order valence-electron chi connectivity index (χ1n) is 16.5. The molecule has 6 nitrogen and oxygen atoms in total. The van der Waals surface area contributed by atoms with Gasteiger partial charge in [-0.25, -0.2) is 16.8 Å². The molecule has 7 rings (SSSR count). The van der Waals surface area contributed by atoms with Crippen LogP contribution >= 0.6 is 0 Å². The Morgan fingerprint density at radius 3 is 1.29 bits per heavy atom. The maximum atomic E-state index is 14.1. The molecule has 0 aliphatic rings. The third-order valence-corrected chi connectivity index (χ3v) is 12.4. The fourth-order valence-corrected chi connectivity index (χ4v) is 8.69. The Balaban J connectivity index is 1.21. The molecule has 0 saturated heterocycles. The Morgan fingerprint density at radius 2 is 0.788 bits per heavy atom. The molecule has 0 N–H and O–H groups in total. The predicted molar refractivity (Wildman–Crippen MR) is 204 cm³/mol. The molecule has 0 unspecified atom stereocenters. The summed E-state index contributed by atoms with van der Waals surface area (Å²) in [6.07, 6.45) is 0. The van der Waals surface area contributed by atoms with Crippen LogP contribution in [0.5, 0.6) is 17.2 Å². The van der Waals surface area contributed by atoms with Gasteiger partial charge in [0.2, 0.25) is 19.7 Å². The lowest BCUT2D eigenvalue weighted by Crippen LogP contribution is -2.04. The minimum atomic E-state index is -3.91. The summed E-state index contributed by atoms with van der Waals surface area (Å²) in [5.41, 5.74) is 5.59. The maximum Gasteiger partial charge on any atom is 0.206 e. The van der Waals surface area contributed by atoms with Gasteiger partial charge in [-0.2, -0.15) is 0 Å². The normalized spacial score (nSPS) is 11.6. The van der Waals surface area contributed by atoms with Gasteiger partial charge >= 0.3 is 0 Å². The lowest BCUT2D eigenvalue weighted by atomic mass is 10.0. The van der Waals surface area contributed by atoms with E-state index in [9.17, 15) is 16.8 Å². The summed E-state index contributed by atoms with van der Waals surface area (Å²) in [5.74, 6) is 1.37. The van der Waals surface area contributed by atoms with Gasteiger partial charge in [-0.15, -0.1) is 0 Å². The van der Waals surface area contributed by atoms with Gasteiger partial charge in [0.25, 0.3) is 0 Å². The molecule has 0 spiro atoms. The number of aryl methyl sites for hydroxylation is 1. The van der Waals surface area contributed by atoms with Gasteiger partial charge in [-0.1, -0.05) is 97.1 Å². The average molecular weight is 723 g/mol. The lowest BCUT2D eigenvalue weighted by Gasteiger charge is -2.15. The van der Waals surface area contributed by atoms with Crippen LogP contribution in [0.3, 0.4) is 0 Å². The van der Waals surface area contributed by atoms with E-state index in [4.69, 9.17) is 9.47 Å². The minimum Gasteiger partial charge on any atom is -0.496 e. The molecule has 0 radical (unpaired) electrons. The van der Waals surface area contributed by atoms with Crippen LogP contribution < -0.4 is 9.47 Å². The number of benzene rings is 7. The van der Waals surface area contributed by atoms with E-state index >= 15 is 0 Å². The van der Waals surface area contributed by atoms with Crippen LogP contribution in [0.4, 0.5) is 0 Å². The van der Waals surface area contributed by atoms with E-state index < -0.39 is 19.7 Å². The molecule has 0 fully saturated rings. The molecule has 7 aromatic rings. The summed E-state index contributed by atoms with van der Waals surface area (Å²) in [6, 6.07) is 49.5. The van der Waals surface area contributed by atoms with Gasteiger partial charge in [0.1, 0.15) is 17.2 Å². The van der Waals surface area contributed by atoms with Gasteiger partial charge in [0, 0.05) is 11.1 Å². The van der Waals surface area contributed by atoms with Crippen molar-refractivity contribution in [2.45, 2.75) is 26.5 Å². The Hall–Kier alpha value is -5.96. The fourth-order valence-electron chi connectivity index (χ4n) is 6.09. The van der Waals surface area contributed by atoms with E-state index in [1.807, 2.05) is 104 Å². The van der Waals surface area contributed by atoms with E-state index in [1.165, 1.54) is 24.3 Å². The maximum absolute atomic E-state index is 14.1. The van der Waals surface area contributed by atoms with Gasteiger partial charge in [-0.3, -0.25) is 0 Å². The molecule has 0 amide bonds. The van der Waals surface area contributed by atoms with Crippen LogP contribution in [0.2, 0.25) is 0 Å². The fraction of sp³-hybridized carbons (Fsp3) is 0.0455. The first kappa shape index (κ1) is 34.5. The molecule has 0 aromatic heterocycles. The number of methoxy groups -OCH3 is 1. The zero-order valence-electron chi connectivity index (χ0n) is 28.4. The Morgan fingerprint density at radius 1 is 0.404 bits per heavy atom. The highest BCUT2D eigenvalue weighted by molar-refractivity contribution is 7.91. The lowest BCUT2D eigenvalue weighted by molar-refractivity contribution is 0.416. The second-order valence-electron chi connectivity index (χ2n) is 12.2. The van der Waals surface area contributed by atoms with E-state index in [0.29, 0.717) is 28.4 Å². The Labute approximate surface area is 304 Å². The molecule has 52 heavy (non-hydrogen) atoms. The average Bonchev–Trinajstić information content (AvgIpc) is 3.19. The van der Waals surface area contributed by atoms with Crippen molar-refractivity contribution < 1.29 is 26.3 Å². The number of sulfone groups is 2. The highest BCUT2D eigenvalue weighted by Crippen LogP contribution is 2.39. The second kappa shape index (κ2) is 14.3. The highest BCUT2D eigenvalue weighted by Gasteiger charge is 2.23. The van der Waals surface area contributed by atoms with Gasteiger partial charge in [-0.05, 0) is 108 Å². The van der Waals surface area contributed by atoms with Crippen LogP contribution in [0.1, 0.15) is 5.56 Å². The second-order valence-corrected chi connectivity index (χ2v) is 16.1. The molecule has 0 saturated carbocycles. The number of hydrogen-bond donors (Lipinski definition) is 0. The zero-order chi connectivity index (χ0) is 36.3. The smallest absolute Gasteiger partial charge is 0.206 e. The Kier molecular flexibility index (Phi) is 9.51. The topological polar surface area (TPSA) is 86.7 Å². The van der Waals surface area contributed by atoms with Crippen molar-refractivity contribution in [1.29, 1.82) is 0 Å². The van der Waals surface area contributed by atoms with Crippen molar-refractivity contribution in [3.8, 4) is 50.6 Å². The summed E-state index contributed by atoms with van der Waals surface area (Å²) in [6.45, 7) is 1.96. The summed E-state index contributed by atoms with van der Waals surface area (Å²) >= 11 is 0. The summed E-state index contributed by atoms with van der Waals surface area (Å²) in [5, 5.41) is 0. The molecule has 7 aromatic carbocycles. The molecule has 0 bridgehead atoms. The molecule has 258 valence electrons. The largest absolute Gasteiger partial charge is 0.496 e. The highest BCUT2D eigenvalue weighted by atomic mass is 32.2. The van der Waals surface area contributed by atoms with Crippen LogP contribution in [0.15, 0.2) is 189 Å². The monoisotopic (exact) mass is 722 g/mol. The molecule has 0 aliphatic carbocycles.